The highest BCUT2D eigenvalue weighted by Gasteiger charge is 2.18. The van der Waals surface area contributed by atoms with Crippen LogP contribution in [0.1, 0.15) is 102 Å². The Morgan fingerprint density at radius 3 is 1.87 bits per heavy atom. The second kappa shape index (κ2) is 16.3. The SMILES string of the molecule is CCCCCCCCn1cc(/C=C/c2ccc([N+](=O)[O-])cc2[N+](=O)[O-])c(=O)n(CCCCCCCC)c1=O. The fraction of sp³-hybridized carbons (Fsp3) is 0.571. The van der Waals surface area contributed by atoms with Crippen molar-refractivity contribution in [1.82, 2.24) is 9.13 Å². The van der Waals surface area contributed by atoms with Gasteiger partial charge in [-0.05, 0) is 31.1 Å². The van der Waals surface area contributed by atoms with E-state index in [0.29, 0.717) is 13.1 Å². The quantitative estimate of drug-likeness (QED) is 0.120. The molecule has 208 valence electrons. The number of nitro groups is 2. The highest BCUT2D eigenvalue weighted by Crippen LogP contribution is 2.26. The Bertz CT molecular complexity index is 1210. The number of nitrogens with zero attached hydrogens (tertiary/aromatic N) is 4. The van der Waals surface area contributed by atoms with Gasteiger partial charge in [-0.3, -0.25) is 34.2 Å². The predicted molar refractivity (Wildman–Crippen MR) is 150 cm³/mol. The maximum Gasteiger partial charge on any atom is 0.330 e. The molecule has 2 rings (SSSR count). The number of rotatable bonds is 18. The van der Waals surface area contributed by atoms with Crippen molar-refractivity contribution >= 4 is 23.5 Å². The van der Waals surface area contributed by atoms with Crippen LogP contribution in [0.2, 0.25) is 0 Å². The molecule has 0 bridgehead atoms. The maximum atomic E-state index is 13.2. The second-order valence-electron chi connectivity index (χ2n) is 9.64. The number of hydrogen-bond acceptors (Lipinski definition) is 6. The van der Waals surface area contributed by atoms with Crippen LogP contribution in [-0.4, -0.2) is 19.0 Å². The minimum Gasteiger partial charge on any atom is -0.300 e. The van der Waals surface area contributed by atoms with Crippen molar-refractivity contribution in [2.45, 2.75) is 104 Å². The van der Waals surface area contributed by atoms with Gasteiger partial charge in [-0.15, -0.1) is 0 Å². The van der Waals surface area contributed by atoms with Crippen LogP contribution in [0.4, 0.5) is 11.4 Å². The molecule has 1 heterocycles. The molecule has 1 aromatic carbocycles. The summed E-state index contributed by atoms with van der Waals surface area (Å²) in [6.07, 6.45) is 16.9. The molecule has 0 amide bonds. The zero-order chi connectivity index (χ0) is 27.9. The summed E-state index contributed by atoms with van der Waals surface area (Å²) in [4.78, 5) is 47.5. The van der Waals surface area contributed by atoms with Gasteiger partial charge in [0.1, 0.15) is 0 Å². The van der Waals surface area contributed by atoms with Crippen LogP contribution in [0.5, 0.6) is 0 Å². The zero-order valence-corrected chi connectivity index (χ0v) is 22.6. The molecule has 38 heavy (non-hydrogen) atoms. The molecule has 10 heteroatoms. The van der Waals surface area contributed by atoms with Gasteiger partial charge in [0.05, 0.1) is 27.0 Å². The normalized spacial score (nSPS) is 11.3. The van der Waals surface area contributed by atoms with E-state index in [2.05, 4.69) is 13.8 Å². The van der Waals surface area contributed by atoms with Gasteiger partial charge in [-0.2, -0.15) is 0 Å². The summed E-state index contributed by atoms with van der Waals surface area (Å²) in [5, 5.41) is 22.5. The van der Waals surface area contributed by atoms with E-state index in [1.54, 1.807) is 4.57 Å². The molecule has 0 saturated heterocycles. The van der Waals surface area contributed by atoms with Crippen LogP contribution in [-0.2, 0) is 13.1 Å². The molecule has 0 aliphatic rings. The van der Waals surface area contributed by atoms with Crippen LogP contribution >= 0.6 is 0 Å². The van der Waals surface area contributed by atoms with Gasteiger partial charge >= 0.3 is 5.69 Å². The van der Waals surface area contributed by atoms with Gasteiger partial charge in [0.15, 0.2) is 0 Å². The van der Waals surface area contributed by atoms with Crippen molar-refractivity contribution in [2.24, 2.45) is 0 Å². The molecule has 0 N–H and O–H groups in total. The molecule has 0 atom stereocenters. The number of benzene rings is 1. The van der Waals surface area contributed by atoms with Crippen molar-refractivity contribution in [3.8, 4) is 0 Å². The van der Waals surface area contributed by atoms with E-state index in [-0.39, 0.29) is 22.5 Å². The summed E-state index contributed by atoms with van der Waals surface area (Å²) < 4.78 is 2.82. The molecule has 0 aliphatic carbocycles. The number of hydrogen-bond donors (Lipinski definition) is 0. The van der Waals surface area contributed by atoms with Crippen molar-refractivity contribution in [3.63, 3.8) is 0 Å². The fourth-order valence-corrected chi connectivity index (χ4v) is 4.38. The molecule has 0 fully saturated rings. The molecular weight excluding hydrogens is 488 g/mol. The Hall–Kier alpha value is -3.56. The van der Waals surface area contributed by atoms with E-state index in [4.69, 9.17) is 0 Å². The predicted octanol–water partition coefficient (Wildman–Crippen LogP) is 6.72. The molecule has 0 aliphatic heterocycles. The van der Waals surface area contributed by atoms with E-state index in [1.165, 1.54) is 47.9 Å². The van der Waals surface area contributed by atoms with Gasteiger partial charge in [0.25, 0.3) is 16.9 Å². The topological polar surface area (TPSA) is 130 Å². The molecule has 0 saturated carbocycles. The average molecular weight is 529 g/mol. The maximum absolute atomic E-state index is 13.2. The van der Waals surface area contributed by atoms with E-state index in [0.717, 1.165) is 70.3 Å². The number of nitro benzene ring substituents is 2. The first kappa shape index (κ1) is 30.7. The Morgan fingerprint density at radius 2 is 1.29 bits per heavy atom. The van der Waals surface area contributed by atoms with Gasteiger partial charge in [0.2, 0.25) is 0 Å². The van der Waals surface area contributed by atoms with Gasteiger partial charge in [-0.25, -0.2) is 4.79 Å². The summed E-state index contributed by atoms with van der Waals surface area (Å²) in [7, 11) is 0. The van der Waals surface area contributed by atoms with Crippen molar-refractivity contribution in [1.29, 1.82) is 0 Å². The van der Waals surface area contributed by atoms with E-state index >= 15 is 0 Å². The third-order valence-corrected chi connectivity index (χ3v) is 6.62. The summed E-state index contributed by atoms with van der Waals surface area (Å²) in [5.41, 5.74) is -1.21. The smallest absolute Gasteiger partial charge is 0.300 e. The Balaban J connectivity index is 2.34. The van der Waals surface area contributed by atoms with Crippen molar-refractivity contribution in [2.75, 3.05) is 0 Å². The summed E-state index contributed by atoms with van der Waals surface area (Å²) in [6, 6.07) is 3.37. The van der Waals surface area contributed by atoms with Crippen molar-refractivity contribution in [3.05, 3.63) is 76.6 Å². The van der Waals surface area contributed by atoms with Gasteiger partial charge in [-0.1, -0.05) is 78.1 Å². The molecule has 2 aromatic rings. The van der Waals surface area contributed by atoms with Crippen molar-refractivity contribution < 1.29 is 9.85 Å². The van der Waals surface area contributed by atoms with Gasteiger partial charge in [0, 0.05) is 25.4 Å². The first-order valence-corrected chi connectivity index (χ1v) is 13.7. The highest BCUT2D eigenvalue weighted by molar-refractivity contribution is 5.74. The highest BCUT2D eigenvalue weighted by atomic mass is 16.6. The average Bonchev–Trinajstić information content (AvgIpc) is 2.90. The number of aryl methyl sites for hydroxylation is 1. The Kier molecular flexibility index (Phi) is 13.2. The lowest BCUT2D eigenvalue weighted by Crippen LogP contribution is -2.40. The minimum absolute atomic E-state index is 0.135. The van der Waals surface area contributed by atoms with Crippen LogP contribution in [0, 0.1) is 20.2 Å². The Labute approximate surface area is 223 Å². The van der Waals surface area contributed by atoms with Crippen LogP contribution < -0.4 is 11.2 Å². The Morgan fingerprint density at radius 1 is 0.737 bits per heavy atom. The fourth-order valence-electron chi connectivity index (χ4n) is 4.38. The lowest BCUT2D eigenvalue weighted by Gasteiger charge is -2.12. The van der Waals surface area contributed by atoms with E-state index in [9.17, 15) is 29.8 Å². The molecule has 0 unspecified atom stereocenters. The molecule has 1 aromatic heterocycles. The van der Waals surface area contributed by atoms with E-state index < -0.39 is 21.1 Å². The third-order valence-electron chi connectivity index (χ3n) is 6.62. The molecule has 10 nitrogen and oxygen atoms in total. The number of aromatic nitrogens is 2. The lowest BCUT2D eigenvalue weighted by molar-refractivity contribution is -0.394. The van der Waals surface area contributed by atoms with Crippen LogP contribution in [0.15, 0.2) is 34.0 Å². The molecular formula is C28H40N4O6. The van der Waals surface area contributed by atoms with Crippen LogP contribution in [0.3, 0.4) is 0 Å². The first-order valence-electron chi connectivity index (χ1n) is 13.7. The lowest BCUT2D eigenvalue weighted by atomic mass is 10.1. The zero-order valence-electron chi connectivity index (χ0n) is 22.6. The minimum atomic E-state index is -0.695. The largest absolute Gasteiger partial charge is 0.330 e. The van der Waals surface area contributed by atoms with E-state index in [1.807, 2.05) is 0 Å². The third kappa shape index (κ3) is 9.39. The van der Waals surface area contributed by atoms with Gasteiger partial charge < -0.3 is 0 Å². The summed E-state index contributed by atoms with van der Waals surface area (Å²) >= 11 is 0. The monoisotopic (exact) mass is 528 g/mol. The van der Waals surface area contributed by atoms with Crippen LogP contribution in [0.25, 0.3) is 12.2 Å². The second-order valence-corrected chi connectivity index (χ2v) is 9.64. The molecule has 0 spiro atoms. The standard InChI is InChI=1S/C28H40N4O6/c1-3-5-7-9-11-13-19-29-22-24(27(33)30(28(29)34)20-14-12-10-8-6-4-2)16-15-23-17-18-25(31(35)36)21-26(23)32(37)38/h15-18,21-22H,3-14,19-20H2,1-2H3/b16-15+. The molecule has 0 radical (unpaired) electrons. The first-order chi connectivity index (χ1) is 18.3. The summed E-state index contributed by atoms with van der Waals surface area (Å²) in [6.45, 7) is 5.11. The number of unbranched alkanes of at least 4 members (excludes halogenated alkanes) is 10. The number of non-ortho nitro benzene ring substituents is 1. The summed E-state index contributed by atoms with van der Waals surface area (Å²) in [5.74, 6) is 0.